The molecule has 0 aromatic carbocycles. The summed E-state index contributed by atoms with van der Waals surface area (Å²) >= 11 is 0. The summed E-state index contributed by atoms with van der Waals surface area (Å²) < 4.78 is 11.9. The summed E-state index contributed by atoms with van der Waals surface area (Å²) in [5.74, 6) is 0. The molecule has 5 heteroatoms. The molecule has 1 heterocycles. The van der Waals surface area contributed by atoms with Crippen LogP contribution in [0.5, 0.6) is 0 Å². The van der Waals surface area contributed by atoms with E-state index in [0.717, 1.165) is 19.1 Å². The first-order chi connectivity index (χ1) is 11.1. The third kappa shape index (κ3) is 5.28. The quantitative estimate of drug-likeness (QED) is 0.646. The van der Waals surface area contributed by atoms with Gasteiger partial charge in [0.1, 0.15) is 0 Å². The van der Waals surface area contributed by atoms with Crippen molar-refractivity contribution in [2.75, 3.05) is 13.3 Å². The molecular formula is C19H39NO3Si. The number of hydrogen-bond acceptors (Lipinski definition) is 4. The van der Waals surface area contributed by atoms with E-state index in [-0.39, 0.29) is 17.2 Å². The molecule has 0 bridgehead atoms. The van der Waals surface area contributed by atoms with Crippen LogP contribution in [-0.2, 0) is 14.0 Å². The predicted octanol–water partition coefficient (Wildman–Crippen LogP) is 4.68. The van der Waals surface area contributed by atoms with Crippen LogP contribution in [-0.4, -0.2) is 50.0 Å². The summed E-state index contributed by atoms with van der Waals surface area (Å²) in [7, 11) is 0.136. The molecule has 0 N–H and O–H groups in total. The van der Waals surface area contributed by atoms with E-state index >= 15 is 0 Å². The average molecular weight is 358 g/mol. The molecule has 0 radical (unpaired) electrons. The van der Waals surface area contributed by atoms with Gasteiger partial charge in [-0.3, -0.25) is 4.84 Å². The van der Waals surface area contributed by atoms with Crippen LogP contribution in [0.1, 0.15) is 72.6 Å². The van der Waals surface area contributed by atoms with E-state index in [2.05, 4.69) is 45.9 Å². The van der Waals surface area contributed by atoms with E-state index in [1.807, 2.05) is 7.11 Å². The van der Waals surface area contributed by atoms with Crippen molar-refractivity contribution in [2.45, 2.75) is 109 Å². The fraction of sp³-hybridized carbons (Fsp3) is 1.00. The lowest BCUT2D eigenvalue weighted by atomic mass is 9.80. The fourth-order valence-electron chi connectivity index (χ4n) is 4.27. The molecule has 2 aliphatic rings. The molecule has 0 aromatic heterocycles. The summed E-state index contributed by atoms with van der Waals surface area (Å²) in [4.78, 5) is 6.54. The number of hydroxylamine groups is 2. The zero-order chi connectivity index (χ0) is 18.0. The third-order valence-corrected chi connectivity index (χ3v) is 7.55. The average Bonchev–Trinajstić information content (AvgIpc) is 2.49. The standard InChI is InChI=1S/C19H39NO3Si/c1-18(2)13-17(22-15-24(6,7)21-5)14-19(3,4)20(18)23-16-11-9-8-10-12-16/h16-17H,8-15H2,1-7H3. The lowest BCUT2D eigenvalue weighted by molar-refractivity contribution is -0.319. The van der Waals surface area contributed by atoms with Gasteiger partial charge in [-0.25, -0.2) is 0 Å². The molecule has 0 aromatic rings. The Morgan fingerprint density at radius 2 is 1.46 bits per heavy atom. The van der Waals surface area contributed by atoms with Gasteiger partial charge in [-0.15, -0.1) is 0 Å². The van der Waals surface area contributed by atoms with Crippen LogP contribution in [0.15, 0.2) is 0 Å². The number of rotatable bonds is 6. The smallest absolute Gasteiger partial charge is 0.211 e. The second-order valence-corrected chi connectivity index (χ2v) is 13.8. The summed E-state index contributed by atoms with van der Waals surface area (Å²) in [6.45, 7) is 13.6. The van der Waals surface area contributed by atoms with Gasteiger partial charge in [-0.2, -0.15) is 5.06 Å². The summed E-state index contributed by atoms with van der Waals surface area (Å²) in [6, 6.07) is 0. The van der Waals surface area contributed by atoms with Crippen LogP contribution in [0, 0.1) is 0 Å². The minimum Gasteiger partial charge on any atom is -0.418 e. The zero-order valence-electron chi connectivity index (χ0n) is 17.0. The van der Waals surface area contributed by atoms with Gasteiger partial charge in [0.2, 0.25) is 8.32 Å². The lowest BCUT2D eigenvalue weighted by Gasteiger charge is -2.54. The van der Waals surface area contributed by atoms with Crippen molar-refractivity contribution >= 4 is 8.32 Å². The molecule has 0 atom stereocenters. The first kappa shape index (κ1) is 20.4. The SMILES string of the molecule is CO[Si](C)(C)COC1CC(C)(C)N(OC2CCCCC2)C(C)(C)C1. The molecule has 0 spiro atoms. The van der Waals surface area contributed by atoms with Crippen molar-refractivity contribution in [3.8, 4) is 0 Å². The highest BCUT2D eigenvalue weighted by Crippen LogP contribution is 2.41. The number of ether oxygens (including phenoxy) is 1. The van der Waals surface area contributed by atoms with Crippen LogP contribution < -0.4 is 0 Å². The molecule has 142 valence electrons. The molecule has 0 unspecified atom stereocenters. The Morgan fingerprint density at radius 3 is 1.96 bits per heavy atom. The fourth-order valence-corrected chi connectivity index (χ4v) is 5.03. The number of hydrogen-bond donors (Lipinski definition) is 0. The van der Waals surface area contributed by atoms with Gasteiger partial charge in [0, 0.05) is 18.2 Å². The van der Waals surface area contributed by atoms with Crippen LogP contribution in [0.25, 0.3) is 0 Å². The molecule has 2 rings (SSSR count). The number of piperidine rings is 1. The molecule has 1 saturated carbocycles. The first-order valence-corrected chi connectivity index (χ1v) is 12.8. The Hall–Kier alpha value is 0.0569. The monoisotopic (exact) mass is 357 g/mol. The van der Waals surface area contributed by atoms with Crippen molar-refractivity contribution in [3.63, 3.8) is 0 Å². The van der Waals surface area contributed by atoms with Crippen LogP contribution in [0.3, 0.4) is 0 Å². The number of nitrogens with zero attached hydrogens (tertiary/aromatic N) is 1. The minimum atomic E-state index is -1.67. The normalized spacial score (nSPS) is 26.6. The van der Waals surface area contributed by atoms with E-state index in [4.69, 9.17) is 14.0 Å². The first-order valence-electron chi connectivity index (χ1n) is 9.70. The highest BCUT2D eigenvalue weighted by Gasteiger charge is 2.48. The maximum Gasteiger partial charge on any atom is 0.211 e. The molecule has 4 nitrogen and oxygen atoms in total. The van der Waals surface area contributed by atoms with Crippen molar-refractivity contribution in [1.29, 1.82) is 0 Å². The lowest BCUT2D eigenvalue weighted by Crippen LogP contribution is -2.63. The Labute approximate surface area is 150 Å². The van der Waals surface area contributed by atoms with E-state index in [1.165, 1.54) is 32.1 Å². The summed E-state index contributed by atoms with van der Waals surface area (Å²) in [6.07, 6.45) is 9.86. The second kappa shape index (κ2) is 7.75. The Kier molecular flexibility index (Phi) is 6.57. The summed E-state index contributed by atoms with van der Waals surface area (Å²) in [5.41, 5.74) is -0.0226. The Bertz CT molecular complexity index is 387. The Morgan fingerprint density at radius 1 is 0.917 bits per heavy atom. The van der Waals surface area contributed by atoms with Crippen LogP contribution in [0.2, 0.25) is 13.1 Å². The van der Waals surface area contributed by atoms with Gasteiger partial charge in [0.25, 0.3) is 0 Å². The van der Waals surface area contributed by atoms with Crippen molar-refractivity contribution in [2.24, 2.45) is 0 Å². The zero-order valence-corrected chi connectivity index (χ0v) is 18.0. The van der Waals surface area contributed by atoms with E-state index in [0.29, 0.717) is 6.10 Å². The molecule has 0 amide bonds. The molecule has 2 fully saturated rings. The van der Waals surface area contributed by atoms with Gasteiger partial charge >= 0.3 is 0 Å². The third-order valence-electron chi connectivity index (χ3n) is 5.58. The van der Waals surface area contributed by atoms with Gasteiger partial charge in [-0.05, 0) is 66.5 Å². The van der Waals surface area contributed by atoms with E-state index < -0.39 is 8.32 Å². The Balaban J connectivity index is 1.99. The van der Waals surface area contributed by atoms with Crippen LogP contribution >= 0.6 is 0 Å². The van der Waals surface area contributed by atoms with Gasteiger partial charge in [0.05, 0.1) is 18.4 Å². The molecule has 1 aliphatic carbocycles. The maximum atomic E-state index is 6.54. The van der Waals surface area contributed by atoms with Crippen molar-refractivity contribution in [3.05, 3.63) is 0 Å². The largest absolute Gasteiger partial charge is 0.418 e. The second-order valence-electron chi connectivity index (χ2n) is 9.59. The van der Waals surface area contributed by atoms with Crippen LogP contribution in [0.4, 0.5) is 0 Å². The van der Waals surface area contributed by atoms with Gasteiger partial charge < -0.3 is 9.16 Å². The van der Waals surface area contributed by atoms with Crippen molar-refractivity contribution < 1.29 is 14.0 Å². The predicted molar refractivity (Wildman–Crippen MR) is 101 cm³/mol. The van der Waals surface area contributed by atoms with Gasteiger partial charge in [-0.1, -0.05) is 19.3 Å². The minimum absolute atomic E-state index is 0.0113. The highest BCUT2D eigenvalue weighted by atomic mass is 28.4. The molecular weight excluding hydrogens is 318 g/mol. The van der Waals surface area contributed by atoms with E-state index in [9.17, 15) is 0 Å². The topological polar surface area (TPSA) is 30.9 Å². The van der Waals surface area contributed by atoms with Gasteiger partial charge in [0.15, 0.2) is 0 Å². The molecule has 1 aliphatic heterocycles. The maximum absolute atomic E-state index is 6.54. The van der Waals surface area contributed by atoms with Crippen molar-refractivity contribution in [1.82, 2.24) is 5.06 Å². The molecule has 24 heavy (non-hydrogen) atoms. The summed E-state index contributed by atoms with van der Waals surface area (Å²) in [5, 5.41) is 2.30. The van der Waals surface area contributed by atoms with E-state index in [1.54, 1.807) is 0 Å². The molecule has 1 saturated heterocycles. The highest BCUT2D eigenvalue weighted by molar-refractivity contribution is 6.71.